The highest BCUT2D eigenvalue weighted by atomic mass is 32.2. The van der Waals surface area contributed by atoms with Gasteiger partial charge < -0.3 is 10.1 Å². The number of rotatable bonds is 7. The van der Waals surface area contributed by atoms with E-state index >= 15 is 0 Å². The van der Waals surface area contributed by atoms with Crippen LogP contribution < -0.4 is 14.8 Å². The lowest BCUT2D eigenvalue weighted by Gasteiger charge is -2.21. The summed E-state index contributed by atoms with van der Waals surface area (Å²) in [7, 11) is -3.71. The number of fused-ring (bicyclic) bond motifs is 1. The number of amides is 1. The first kappa shape index (κ1) is 21.8. The quantitative estimate of drug-likeness (QED) is 0.604. The largest absolute Gasteiger partial charge is 0.484 e. The predicted molar refractivity (Wildman–Crippen MR) is 118 cm³/mol. The van der Waals surface area contributed by atoms with Crippen molar-refractivity contribution in [2.45, 2.75) is 37.8 Å². The Hall–Kier alpha value is -2.90. The Morgan fingerprint density at radius 2 is 1.60 bits per heavy atom. The molecular weight excluding hydrogens is 400 g/mol. The van der Waals surface area contributed by atoms with E-state index in [1.54, 1.807) is 39.0 Å². The van der Waals surface area contributed by atoms with Crippen molar-refractivity contribution in [2.75, 3.05) is 6.61 Å². The summed E-state index contributed by atoms with van der Waals surface area (Å²) in [6, 6.07) is 20.1. The molecule has 0 spiro atoms. The molecule has 2 N–H and O–H groups in total. The van der Waals surface area contributed by atoms with E-state index in [-0.39, 0.29) is 24.0 Å². The lowest BCUT2D eigenvalue weighted by atomic mass is 10.1. The third kappa shape index (κ3) is 5.81. The predicted octanol–water partition coefficient (Wildman–Crippen LogP) is 3.61. The molecule has 0 aliphatic rings. The van der Waals surface area contributed by atoms with Crippen LogP contribution in [0, 0.1) is 0 Å². The fourth-order valence-electron chi connectivity index (χ4n) is 3.02. The van der Waals surface area contributed by atoms with Gasteiger partial charge in [-0.3, -0.25) is 4.79 Å². The second-order valence-electron chi connectivity index (χ2n) is 8.04. The van der Waals surface area contributed by atoms with Crippen LogP contribution in [-0.4, -0.2) is 26.5 Å². The fourth-order valence-corrected chi connectivity index (χ4v) is 4.68. The van der Waals surface area contributed by atoms with E-state index in [2.05, 4.69) is 10.0 Å². The highest BCUT2D eigenvalue weighted by molar-refractivity contribution is 7.89. The Kier molecular flexibility index (Phi) is 6.43. The minimum Gasteiger partial charge on any atom is -0.484 e. The van der Waals surface area contributed by atoms with Gasteiger partial charge in [0.05, 0.1) is 4.90 Å². The van der Waals surface area contributed by atoms with Crippen LogP contribution in [0.25, 0.3) is 10.8 Å². The molecule has 0 radical (unpaired) electrons. The Balaban J connectivity index is 1.62. The Morgan fingerprint density at radius 3 is 2.33 bits per heavy atom. The van der Waals surface area contributed by atoms with Crippen LogP contribution in [0.4, 0.5) is 0 Å². The summed E-state index contributed by atoms with van der Waals surface area (Å²) in [5.41, 5.74) is -0.101. The minimum absolute atomic E-state index is 0.0845. The normalized spacial score (nSPS) is 12.0. The van der Waals surface area contributed by atoms with Gasteiger partial charge in [0.15, 0.2) is 6.61 Å². The molecule has 3 aromatic rings. The summed E-state index contributed by atoms with van der Waals surface area (Å²) in [6.45, 7) is 5.26. The van der Waals surface area contributed by atoms with Crippen molar-refractivity contribution in [3.8, 4) is 5.75 Å². The van der Waals surface area contributed by atoms with Crippen molar-refractivity contribution in [1.82, 2.24) is 10.0 Å². The van der Waals surface area contributed by atoms with Crippen molar-refractivity contribution in [2.24, 2.45) is 0 Å². The van der Waals surface area contributed by atoms with Gasteiger partial charge in [-0.1, -0.05) is 48.5 Å². The maximum atomic E-state index is 12.7. The second kappa shape index (κ2) is 8.85. The molecule has 3 aromatic carbocycles. The zero-order valence-corrected chi connectivity index (χ0v) is 18.1. The van der Waals surface area contributed by atoms with Crippen LogP contribution in [0.15, 0.2) is 71.6 Å². The van der Waals surface area contributed by atoms with E-state index in [1.165, 1.54) is 6.07 Å². The van der Waals surface area contributed by atoms with E-state index in [4.69, 9.17) is 4.74 Å². The zero-order valence-electron chi connectivity index (χ0n) is 17.3. The number of sulfonamides is 1. The molecule has 0 aliphatic heterocycles. The average molecular weight is 427 g/mol. The van der Waals surface area contributed by atoms with E-state index in [9.17, 15) is 13.2 Å². The summed E-state index contributed by atoms with van der Waals surface area (Å²) >= 11 is 0. The van der Waals surface area contributed by atoms with Crippen LogP contribution >= 0.6 is 0 Å². The molecule has 0 heterocycles. The van der Waals surface area contributed by atoms with Crippen LogP contribution in [0.5, 0.6) is 5.75 Å². The summed E-state index contributed by atoms with van der Waals surface area (Å²) in [6.07, 6.45) is 0. The Bertz CT molecular complexity index is 1150. The first-order valence-electron chi connectivity index (χ1n) is 9.64. The molecule has 3 rings (SSSR count). The van der Waals surface area contributed by atoms with Crippen molar-refractivity contribution in [3.63, 3.8) is 0 Å². The molecule has 7 heteroatoms. The van der Waals surface area contributed by atoms with Crippen LogP contribution in [0.1, 0.15) is 26.3 Å². The number of hydrogen-bond acceptors (Lipinski definition) is 4. The lowest BCUT2D eigenvalue weighted by molar-refractivity contribution is -0.123. The summed E-state index contributed by atoms with van der Waals surface area (Å²) in [5.74, 6) is 0.264. The van der Waals surface area contributed by atoms with Crippen molar-refractivity contribution in [3.05, 3.63) is 72.3 Å². The van der Waals surface area contributed by atoms with Crippen LogP contribution in [0.2, 0.25) is 0 Å². The minimum atomic E-state index is -3.71. The topological polar surface area (TPSA) is 84.5 Å². The number of hydrogen-bond donors (Lipinski definition) is 2. The highest BCUT2D eigenvalue weighted by Crippen LogP contribution is 2.21. The van der Waals surface area contributed by atoms with Gasteiger partial charge in [0.25, 0.3) is 5.91 Å². The van der Waals surface area contributed by atoms with Crippen LogP contribution in [-0.2, 0) is 21.4 Å². The third-order valence-electron chi connectivity index (χ3n) is 4.27. The molecule has 0 atom stereocenters. The monoisotopic (exact) mass is 426 g/mol. The Morgan fingerprint density at radius 1 is 0.933 bits per heavy atom. The standard InChI is InChI=1S/C23H26N2O4S/c1-23(2,3)25-30(27,28)21-11-7-6-10-19(21)15-24-22(26)16-29-20-13-12-17-8-4-5-9-18(17)14-20/h4-14,25H,15-16H2,1-3H3,(H,24,26). The lowest BCUT2D eigenvalue weighted by Crippen LogP contribution is -2.41. The van der Waals surface area contributed by atoms with Crippen LogP contribution in [0.3, 0.4) is 0 Å². The fraction of sp³-hybridized carbons (Fsp3) is 0.261. The molecular formula is C23H26N2O4S. The van der Waals surface area contributed by atoms with E-state index in [0.717, 1.165) is 10.8 Å². The molecule has 6 nitrogen and oxygen atoms in total. The van der Waals surface area contributed by atoms with Crippen molar-refractivity contribution >= 4 is 26.7 Å². The van der Waals surface area contributed by atoms with Gasteiger partial charge in [0.2, 0.25) is 10.0 Å². The van der Waals surface area contributed by atoms with E-state index in [1.807, 2.05) is 42.5 Å². The molecule has 30 heavy (non-hydrogen) atoms. The summed E-state index contributed by atoms with van der Waals surface area (Å²) < 4.78 is 33.6. The molecule has 158 valence electrons. The highest BCUT2D eigenvalue weighted by Gasteiger charge is 2.24. The van der Waals surface area contributed by atoms with E-state index in [0.29, 0.717) is 11.3 Å². The van der Waals surface area contributed by atoms with Gasteiger partial charge in [-0.2, -0.15) is 0 Å². The first-order valence-corrected chi connectivity index (χ1v) is 11.1. The molecule has 0 fully saturated rings. The maximum Gasteiger partial charge on any atom is 0.258 e. The van der Waals surface area contributed by atoms with Gasteiger partial charge in [-0.05, 0) is 55.3 Å². The number of carbonyl (C=O) groups excluding carboxylic acids is 1. The second-order valence-corrected chi connectivity index (χ2v) is 9.69. The Labute approximate surface area is 177 Å². The molecule has 0 aromatic heterocycles. The molecule has 0 unspecified atom stereocenters. The maximum absolute atomic E-state index is 12.7. The summed E-state index contributed by atoms with van der Waals surface area (Å²) in [4.78, 5) is 12.4. The van der Waals surface area contributed by atoms with Gasteiger partial charge in [0.1, 0.15) is 5.75 Å². The van der Waals surface area contributed by atoms with Gasteiger partial charge in [-0.15, -0.1) is 0 Å². The smallest absolute Gasteiger partial charge is 0.258 e. The van der Waals surface area contributed by atoms with Crippen molar-refractivity contribution in [1.29, 1.82) is 0 Å². The van der Waals surface area contributed by atoms with Gasteiger partial charge in [-0.25, -0.2) is 13.1 Å². The van der Waals surface area contributed by atoms with Gasteiger partial charge >= 0.3 is 0 Å². The summed E-state index contributed by atoms with van der Waals surface area (Å²) in [5, 5.41) is 4.85. The molecule has 0 saturated heterocycles. The molecule has 0 saturated carbocycles. The zero-order chi connectivity index (χ0) is 21.8. The van der Waals surface area contributed by atoms with E-state index < -0.39 is 15.6 Å². The van der Waals surface area contributed by atoms with Gasteiger partial charge in [0, 0.05) is 12.1 Å². The molecule has 0 aliphatic carbocycles. The third-order valence-corrected chi connectivity index (χ3v) is 6.13. The first-order chi connectivity index (χ1) is 14.1. The molecule has 1 amide bonds. The number of benzene rings is 3. The number of ether oxygens (including phenoxy) is 1. The number of carbonyl (C=O) groups is 1. The average Bonchev–Trinajstić information content (AvgIpc) is 2.69. The number of nitrogens with one attached hydrogen (secondary N) is 2. The molecule has 0 bridgehead atoms. The van der Waals surface area contributed by atoms with Crippen molar-refractivity contribution < 1.29 is 17.9 Å². The SMILES string of the molecule is CC(C)(C)NS(=O)(=O)c1ccccc1CNC(=O)COc1ccc2ccccc2c1.